The first kappa shape index (κ1) is 89.5. The molecule has 5 bridgehead atoms. The molecular formula is C91H111N11O19. The van der Waals surface area contributed by atoms with Crippen LogP contribution in [0.5, 0.6) is 17.2 Å². The van der Waals surface area contributed by atoms with Crippen LogP contribution in [0.1, 0.15) is 167 Å². The highest BCUT2D eigenvalue weighted by Crippen LogP contribution is 2.51. The Bertz CT molecular complexity index is 5090. The molecule has 30 heteroatoms. The second-order valence-corrected chi connectivity index (χ2v) is 33.5. The van der Waals surface area contributed by atoms with Gasteiger partial charge in [-0.05, 0) is 118 Å². The van der Waals surface area contributed by atoms with E-state index in [1.807, 2.05) is 56.9 Å². The summed E-state index contributed by atoms with van der Waals surface area (Å²) in [6, 6.07) is 14.7. The number of carbonyl (C=O) groups is 12. The number of likely N-dealkylation sites (tertiary alicyclic amines) is 1. The summed E-state index contributed by atoms with van der Waals surface area (Å²) in [5.74, 6) is -11.3. The molecule has 12 atom stereocenters. The largest absolute Gasteiger partial charge is 0.507 e. The quantitative estimate of drug-likeness (QED) is 0.0112. The van der Waals surface area contributed by atoms with Gasteiger partial charge in [0.2, 0.25) is 46.8 Å². The van der Waals surface area contributed by atoms with Gasteiger partial charge in [-0.25, -0.2) is 4.98 Å². The van der Waals surface area contributed by atoms with Crippen LogP contribution in [0.4, 0.5) is 11.4 Å². The molecule has 4 aromatic rings. The Balaban J connectivity index is 0.812. The average molecular weight is 1660 g/mol. The Kier molecular flexibility index (Phi) is 29.1. The van der Waals surface area contributed by atoms with Crippen molar-refractivity contribution in [2.45, 2.75) is 208 Å². The van der Waals surface area contributed by atoms with Gasteiger partial charge in [0.05, 0.1) is 23.8 Å². The number of fused-ring (bicyclic) bond motifs is 14. The number of esters is 1. The highest BCUT2D eigenvalue weighted by molar-refractivity contribution is 6.22. The van der Waals surface area contributed by atoms with Gasteiger partial charge < -0.3 is 75.9 Å². The lowest BCUT2D eigenvalue weighted by Gasteiger charge is -2.35. The fraction of sp³-hybridized carbons (Fsp3) is 0.473. The topological polar surface area (TPSA) is 410 Å². The number of rotatable bonds is 25. The molecule has 644 valence electrons. The normalized spacial score (nSPS) is 22.7. The van der Waals surface area contributed by atoms with Crippen molar-refractivity contribution in [1.29, 1.82) is 0 Å². The second-order valence-electron chi connectivity index (χ2n) is 33.5. The Morgan fingerprint density at radius 2 is 1.40 bits per heavy atom. The summed E-state index contributed by atoms with van der Waals surface area (Å²) in [6.45, 7) is 21.5. The van der Waals surface area contributed by atoms with Gasteiger partial charge in [-0.15, -0.1) is 0 Å². The molecule has 7 heterocycles. The van der Waals surface area contributed by atoms with E-state index in [4.69, 9.17) is 23.6 Å². The van der Waals surface area contributed by atoms with E-state index in [9.17, 15) is 58.2 Å². The molecular weight excluding hydrogens is 1550 g/mol. The molecule has 8 aliphatic rings. The number of aromatic nitrogens is 1. The third-order valence-corrected chi connectivity index (χ3v) is 23.4. The molecule has 4 aromatic carbocycles. The molecule has 0 radical (unpaired) electrons. The van der Waals surface area contributed by atoms with Gasteiger partial charge in [0.25, 0.3) is 23.5 Å². The van der Waals surface area contributed by atoms with Crippen LogP contribution in [-0.2, 0) is 75.1 Å². The van der Waals surface area contributed by atoms with E-state index >= 15 is 14.4 Å². The number of ether oxygens (including phenoxy) is 3. The maximum absolute atomic E-state index is 15.3. The number of anilines is 2. The number of Topliss-reactive ketones (excluding diaryl/α,β-unsaturated/α-hetero) is 1. The van der Waals surface area contributed by atoms with E-state index in [-0.39, 0.29) is 136 Å². The van der Waals surface area contributed by atoms with Crippen molar-refractivity contribution >= 4 is 104 Å². The van der Waals surface area contributed by atoms with Crippen molar-refractivity contribution in [1.82, 2.24) is 46.7 Å². The van der Waals surface area contributed by atoms with E-state index in [0.29, 0.717) is 62.0 Å². The van der Waals surface area contributed by atoms with Gasteiger partial charge in [-0.3, -0.25) is 67.2 Å². The second kappa shape index (κ2) is 39.3. The lowest BCUT2D eigenvalue weighted by Crippen LogP contribution is -2.61. The third-order valence-electron chi connectivity index (χ3n) is 23.4. The number of piperidine rings is 1. The number of benzene rings is 5. The summed E-state index contributed by atoms with van der Waals surface area (Å²) in [6.07, 6.45) is 13.8. The number of carbonyl (C=O) groups excluding carboxylic acids is 12. The summed E-state index contributed by atoms with van der Waals surface area (Å²) < 4.78 is 25.1. The number of nitrogens with zero attached hydrogens (tertiary/aromatic N) is 4. The maximum Gasteiger partial charge on any atom is 0.312 e. The van der Waals surface area contributed by atoms with Crippen LogP contribution in [0.2, 0.25) is 0 Å². The third kappa shape index (κ3) is 21.3. The van der Waals surface area contributed by atoms with Crippen molar-refractivity contribution < 1.29 is 86.4 Å². The van der Waals surface area contributed by atoms with Crippen LogP contribution >= 0.6 is 0 Å². The number of hydrogen-bond acceptors (Lipinski definition) is 21. The van der Waals surface area contributed by atoms with Crippen LogP contribution in [-0.4, -0.2) is 177 Å². The first-order valence-corrected chi connectivity index (χ1v) is 41.8. The van der Waals surface area contributed by atoms with Gasteiger partial charge in [-0.1, -0.05) is 141 Å². The Hall–Kier alpha value is -12.2. The number of phenolic OH excluding ortho intramolecular Hbond substituents is 2. The van der Waals surface area contributed by atoms with Crippen LogP contribution in [0, 0.1) is 42.4 Å². The molecule has 0 unspecified atom stereocenters. The zero-order chi connectivity index (χ0) is 87.4. The fourth-order valence-electron chi connectivity index (χ4n) is 16.7. The van der Waals surface area contributed by atoms with E-state index in [0.717, 1.165) is 29.9 Å². The van der Waals surface area contributed by atoms with Gasteiger partial charge in [-0.2, -0.15) is 0 Å². The van der Waals surface area contributed by atoms with E-state index in [1.54, 1.807) is 80.6 Å². The van der Waals surface area contributed by atoms with Crippen molar-refractivity contribution in [2.24, 2.45) is 35.5 Å². The number of imide groups is 1. The van der Waals surface area contributed by atoms with Crippen molar-refractivity contribution in [3.05, 3.63) is 154 Å². The van der Waals surface area contributed by atoms with Gasteiger partial charge >= 0.3 is 11.8 Å². The molecule has 7 aliphatic heterocycles. The summed E-state index contributed by atoms with van der Waals surface area (Å²) in [5.41, 5.74) is 0.195. The molecule has 0 aromatic heterocycles. The van der Waals surface area contributed by atoms with Crippen molar-refractivity contribution in [3.8, 4) is 28.7 Å². The van der Waals surface area contributed by atoms with Crippen LogP contribution in [0.15, 0.2) is 130 Å². The van der Waals surface area contributed by atoms with E-state index in [1.165, 1.54) is 38.0 Å². The lowest BCUT2D eigenvalue weighted by atomic mass is 9.82. The number of hydrogen-bond donors (Lipinski definition) is 9. The summed E-state index contributed by atoms with van der Waals surface area (Å²) in [5, 5.41) is 43.7. The minimum Gasteiger partial charge on any atom is -0.507 e. The Morgan fingerprint density at radius 1 is 0.760 bits per heavy atom. The number of nitrogens with one attached hydrogen (secondary N) is 7. The predicted molar refractivity (Wildman–Crippen MR) is 452 cm³/mol. The molecule has 1 aliphatic carbocycles. The minimum absolute atomic E-state index is 0.0153. The first-order valence-electron chi connectivity index (χ1n) is 41.8. The molecule has 0 spiro atoms. The number of aromatic hydroxyl groups is 2. The zero-order valence-electron chi connectivity index (χ0n) is 70.6. The molecule has 2 saturated heterocycles. The molecule has 12 rings (SSSR count). The first-order chi connectivity index (χ1) is 57.6. The number of ketones is 1. The van der Waals surface area contributed by atoms with Crippen LogP contribution in [0.25, 0.3) is 33.3 Å². The monoisotopic (exact) mass is 1660 g/mol. The zero-order valence-corrected chi connectivity index (χ0v) is 70.6. The summed E-state index contributed by atoms with van der Waals surface area (Å²) in [7, 11) is 0. The smallest absolute Gasteiger partial charge is 0.312 e. The Morgan fingerprint density at radius 3 is 2.03 bits per heavy atom. The lowest BCUT2D eigenvalue weighted by molar-refractivity contribution is -0.152. The van der Waals surface area contributed by atoms with Gasteiger partial charge in [0.1, 0.15) is 70.5 Å². The van der Waals surface area contributed by atoms with Crippen molar-refractivity contribution in [2.75, 3.05) is 42.9 Å². The summed E-state index contributed by atoms with van der Waals surface area (Å²) in [4.78, 5) is 190. The molecule has 121 heavy (non-hydrogen) atoms. The molecule has 2 fully saturated rings. The molecule has 10 amide bonds. The Labute approximate surface area is 702 Å². The molecule has 9 N–H and O–H groups in total. The average Bonchev–Trinajstić information content (AvgIpc) is 1.67. The number of allylic oxidation sites excluding steroid dienone is 4. The standard InChI is InChI=1S/C91H111N11O19/c1-13-52(6)75(98-89(116)65-30-21-36-101(65)71(108)48-92-68(105)35-39-102-69(106)31-32-70(102)107)90(117)96-62(41-49(2)3)87(114)95-64(45-59-28-18-15-19-29-59)88(115)94-63(44-58-26-16-14-17-27-58)86(113)93-60-33-37-100(38-34-60)61-46-66(104)76-67(47-61)120-83-77(97-76)72-73-79(109)56(10)82-74(72)84(111)91(12,121-82)118-40-22-25-53(7)81(119-57(11)103)55(9)43-51(5)42-50(4)23-20-24-54(8)85(112)99-78(83)80(73)110/h14-20,22-24,26-29,31-32,40,46-47,49-53,55,60,62-65,75,81,104,109H,13,21,25,30,33-39,41-45,48H2,1-12H3,(H,92,105)(H,93,113)(H,94,115)(H,95,114)(H,96,117)(H,98,116)(H,99,112)/b23-20+,40-22+,54-24-/t50-,51+,52-,53+,55+,62-,63-,64-,65-,75-,81+,91-/m0/s1. The highest BCUT2D eigenvalue weighted by atomic mass is 16.7. The summed E-state index contributed by atoms with van der Waals surface area (Å²) >= 11 is 0. The van der Waals surface area contributed by atoms with Gasteiger partial charge in [0, 0.05) is 112 Å². The molecule has 30 nitrogen and oxygen atoms in total. The van der Waals surface area contributed by atoms with Gasteiger partial charge in [0.15, 0.2) is 11.3 Å². The maximum atomic E-state index is 15.3. The fourth-order valence-corrected chi connectivity index (χ4v) is 16.7. The number of phenols is 2. The molecule has 0 saturated carbocycles. The van der Waals surface area contributed by atoms with E-state index in [2.05, 4.69) is 58.0 Å². The predicted octanol–water partition coefficient (Wildman–Crippen LogP) is 9.11. The van der Waals surface area contributed by atoms with Crippen LogP contribution in [0.3, 0.4) is 0 Å². The van der Waals surface area contributed by atoms with Crippen molar-refractivity contribution in [3.63, 3.8) is 0 Å². The minimum atomic E-state index is -2.05. The highest BCUT2D eigenvalue weighted by Gasteiger charge is 2.50. The van der Waals surface area contributed by atoms with Crippen LogP contribution < -0.4 is 52.3 Å². The SMILES string of the molecule is CC[C@H](C)[C@H](NC(=O)[C@@H]1CCCN1C(=O)CNC(=O)CCN1C(=O)C=CC1=O)C(=O)N[C@@H](CC(C)C)C(=O)N[C@@H](Cc1ccccc1)C(=O)N[C@@H](Cc1ccccc1)C(=O)NC1CCN(c2cc(O)c3nc4c5c6c7c(C)c(O)c5c(=O)c(c-4oc3c2)NC(=O)/C(C)=C\C=C\[C@H](C)C[C@@H](C)C[C@@H](C)[C@H](OC(C)=O)[C@H](C)C/C=C/O[C@@](C)(O7)C6=O)CC1. The van der Waals surface area contributed by atoms with E-state index < -0.39 is 148 Å². The number of amides is 10.